The lowest BCUT2D eigenvalue weighted by atomic mass is 10.2. The van der Waals surface area contributed by atoms with Crippen molar-refractivity contribution in [1.82, 2.24) is 0 Å². The number of hydrogen-bond donors (Lipinski definition) is 1. The third-order valence-corrected chi connectivity index (χ3v) is 2.44. The zero-order chi connectivity index (χ0) is 14.4. The lowest BCUT2D eigenvalue weighted by Gasteiger charge is -1.99. The molecular formula is C13H9N5O2. The van der Waals surface area contributed by atoms with E-state index in [9.17, 15) is 10.1 Å². The van der Waals surface area contributed by atoms with Crippen LogP contribution in [0.5, 0.6) is 0 Å². The molecule has 1 N–H and O–H groups in total. The van der Waals surface area contributed by atoms with Gasteiger partial charge in [-0.3, -0.25) is 15.5 Å². The molecule has 7 nitrogen and oxygen atoms in total. The molecule has 2 rings (SSSR count). The largest absolute Gasteiger partial charge is 0.269 e. The predicted octanol–water partition coefficient (Wildman–Crippen LogP) is 3.58. The van der Waals surface area contributed by atoms with E-state index < -0.39 is 4.92 Å². The van der Waals surface area contributed by atoms with Crippen LogP contribution < -0.4 is 5.43 Å². The summed E-state index contributed by atoms with van der Waals surface area (Å²) in [5, 5.41) is 27.0. The Hall–Kier alpha value is -3.27. The second-order valence-electron chi connectivity index (χ2n) is 3.74. The Balaban J connectivity index is 2.06. The van der Waals surface area contributed by atoms with Crippen LogP contribution in [0.15, 0.2) is 58.9 Å². The standard InChI is InChI=1S/C13H9N5O2/c14-9-10-3-1-2-4-13(10)16-17-15-11-5-7-12(8-6-11)18(19)20/h1-8H,(H,15,16). The molecule has 0 heterocycles. The van der Waals surface area contributed by atoms with E-state index in [1.165, 1.54) is 24.3 Å². The van der Waals surface area contributed by atoms with Gasteiger partial charge in [0.15, 0.2) is 0 Å². The summed E-state index contributed by atoms with van der Waals surface area (Å²) in [6.07, 6.45) is 0. The van der Waals surface area contributed by atoms with Crippen molar-refractivity contribution in [2.75, 3.05) is 5.43 Å². The summed E-state index contributed by atoms with van der Waals surface area (Å²) in [5.74, 6) is 0. The minimum Gasteiger partial charge on any atom is -0.260 e. The SMILES string of the molecule is N#Cc1ccccc1N=NNc1ccc([N+](=O)[O-])cc1. The van der Waals surface area contributed by atoms with Gasteiger partial charge in [0.1, 0.15) is 11.8 Å². The molecule has 0 bridgehead atoms. The van der Waals surface area contributed by atoms with Crippen LogP contribution in [-0.4, -0.2) is 4.92 Å². The second kappa shape index (κ2) is 6.06. The highest BCUT2D eigenvalue weighted by Gasteiger charge is 2.03. The Morgan fingerprint density at radius 1 is 1.15 bits per heavy atom. The van der Waals surface area contributed by atoms with E-state index in [0.717, 1.165) is 0 Å². The van der Waals surface area contributed by atoms with Crippen molar-refractivity contribution in [2.45, 2.75) is 0 Å². The molecule has 0 spiro atoms. The van der Waals surface area contributed by atoms with E-state index in [1.807, 2.05) is 6.07 Å². The van der Waals surface area contributed by atoms with Crippen LogP contribution in [0.25, 0.3) is 0 Å². The van der Waals surface area contributed by atoms with Crippen LogP contribution in [0.1, 0.15) is 5.56 Å². The summed E-state index contributed by atoms with van der Waals surface area (Å²) < 4.78 is 0. The van der Waals surface area contributed by atoms with Crippen LogP contribution in [0.3, 0.4) is 0 Å². The topological polar surface area (TPSA) is 104 Å². The fourth-order valence-corrected chi connectivity index (χ4v) is 1.45. The molecule has 20 heavy (non-hydrogen) atoms. The normalized spacial score (nSPS) is 10.2. The molecule has 0 aliphatic heterocycles. The number of non-ortho nitro benzene ring substituents is 1. The van der Waals surface area contributed by atoms with Gasteiger partial charge in [-0.05, 0) is 24.3 Å². The zero-order valence-electron chi connectivity index (χ0n) is 10.2. The number of hydrogen-bond acceptors (Lipinski definition) is 5. The average molecular weight is 267 g/mol. The first-order chi connectivity index (χ1) is 9.70. The van der Waals surface area contributed by atoms with Gasteiger partial charge in [-0.2, -0.15) is 5.26 Å². The summed E-state index contributed by atoms with van der Waals surface area (Å²) in [6, 6.07) is 14.6. The Bertz CT molecular complexity index is 689. The highest BCUT2D eigenvalue weighted by atomic mass is 16.6. The van der Waals surface area contributed by atoms with Crippen LogP contribution in [-0.2, 0) is 0 Å². The van der Waals surface area contributed by atoms with Gasteiger partial charge in [-0.25, -0.2) is 0 Å². The van der Waals surface area contributed by atoms with E-state index in [1.54, 1.807) is 24.3 Å². The molecule has 0 saturated carbocycles. The van der Waals surface area contributed by atoms with Gasteiger partial charge >= 0.3 is 0 Å². The first-order valence-corrected chi connectivity index (χ1v) is 5.61. The smallest absolute Gasteiger partial charge is 0.260 e. The quantitative estimate of drug-likeness (QED) is 0.519. The van der Waals surface area contributed by atoms with Crippen molar-refractivity contribution >= 4 is 17.1 Å². The molecule has 0 aliphatic rings. The van der Waals surface area contributed by atoms with Gasteiger partial charge < -0.3 is 0 Å². The maximum absolute atomic E-state index is 10.5. The highest BCUT2D eigenvalue weighted by Crippen LogP contribution is 2.19. The average Bonchev–Trinajstić information content (AvgIpc) is 2.48. The second-order valence-corrected chi connectivity index (χ2v) is 3.74. The molecule has 0 aliphatic carbocycles. The minimum atomic E-state index is -0.478. The van der Waals surface area contributed by atoms with E-state index in [0.29, 0.717) is 16.9 Å². The van der Waals surface area contributed by atoms with Crippen molar-refractivity contribution in [3.05, 3.63) is 64.2 Å². The Morgan fingerprint density at radius 2 is 1.85 bits per heavy atom. The van der Waals surface area contributed by atoms with Crippen molar-refractivity contribution in [1.29, 1.82) is 5.26 Å². The van der Waals surface area contributed by atoms with Gasteiger partial charge in [-0.1, -0.05) is 17.4 Å². The fourth-order valence-electron chi connectivity index (χ4n) is 1.45. The number of rotatable bonds is 4. The summed E-state index contributed by atoms with van der Waals surface area (Å²) in [6.45, 7) is 0. The Kier molecular flexibility index (Phi) is 3.99. The fraction of sp³-hybridized carbons (Fsp3) is 0. The summed E-state index contributed by atoms with van der Waals surface area (Å²) in [5.41, 5.74) is 4.07. The summed E-state index contributed by atoms with van der Waals surface area (Å²) in [7, 11) is 0. The molecule has 0 radical (unpaired) electrons. The molecule has 0 fully saturated rings. The Morgan fingerprint density at radius 3 is 2.50 bits per heavy atom. The number of nitrogens with one attached hydrogen (secondary N) is 1. The number of benzene rings is 2. The van der Waals surface area contributed by atoms with Gasteiger partial charge in [0.05, 0.1) is 16.2 Å². The number of nitro groups is 1. The minimum absolute atomic E-state index is 0.00214. The first kappa shape index (κ1) is 13.2. The van der Waals surface area contributed by atoms with Gasteiger partial charge in [0.25, 0.3) is 5.69 Å². The van der Waals surface area contributed by atoms with Crippen LogP contribution in [0.4, 0.5) is 17.1 Å². The maximum Gasteiger partial charge on any atom is 0.269 e. The van der Waals surface area contributed by atoms with Crippen LogP contribution in [0, 0.1) is 21.4 Å². The first-order valence-electron chi connectivity index (χ1n) is 5.61. The molecule has 2 aromatic carbocycles. The number of nitriles is 1. The van der Waals surface area contributed by atoms with Gasteiger partial charge in [0.2, 0.25) is 0 Å². The van der Waals surface area contributed by atoms with Crippen molar-refractivity contribution in [3.8, 4) is 6.07 Å². The number of nitrogens with zero attached hydrogens (tertiary/aromatic N) is 4. The summed E-state index contributed by atoms with van der Waals surface area (Å²) in [4.78, 5) is 10.0. The molecule has 0 saturated heterocycles. The molecule has 2 aromatic rings. The third-order valence-electron chi connectivity index (χ3n) is 2.44. The zero-order valence-corrected chi connectivity index (χ0v) is 10.2. The van der Waals surface area contributed by atoms with Crippen molar-refractivity contribution in [2.24, 2.45) is 10.3 Å². The number of anilines is 1. The van der Waals surface area contributed by atoms with Crippen molar-refractivity contribution in [3.63, 3.8) is 0 Å². The molecule has 98 valence electrons. The van der Waals surface area contributed by atoms with Crippen LogP contribution >= 0.6 is 0 Å². The lowest BCUT2D eigenvalue weighted by Crippen LogP contribution is -1.89. The van der Waals surface area contributed by atoms with E-state index in [-0.39, 0.29) is 5.69 Å². The monoisotopic (exact) mass is 267 g/mol. The van der Waals surface area contributed by atoms with Gasteiger partial charge in [0, 0.05) is 12.1 Å². The van der Waals surface area contributed by atoms with E-state index in [4.69, 9.17) is 5.26 Å². The maximum atomic E-state index is 10.5. The van der Waals surface area contributed by atoms with Crippen LogP contribution in [0.2, 0.25) is 0 Å². The van der Waals surface area contributed by atoms with E-state index >= 15 is 0 Å². The van der Waals surface area contributed by atoms with Crippen molar-refractivity contribution < 1.29 is 4.92 Å². The molecular weight excluding hydrogens is 258 g/mol. The predicted molar refractivity (Wildman–Crippen MR) is 72.4 cm³/mol. The lowest BCUT2D eigenvalue weighted by molar-refractivity contribution is -0.384. The molecule has 0 amide bonds. The molecule has 0 aromatic heterocycles. The molecule has 0 unspecified atom stereocenters. The highest BCUT2D eigenvalue weighted by molar-refractivity contribution is 5.52. The molecule has 7 heteroatoms. The number of nitro benzene ring substituents is 1. The molecule has 0 atom stereocenters. The third kappa shape index (κ3) is 3.14. The van der Waals surface area contributed by atoms with Gasteiger partial charge in [-0.15, -0.1) is 5.11 Å². The van der Waals surface area contributed by atoms with E-state index in [2.05, 4.69) is 15.8 Å². The Labute approximate surface area is 114 Å². The summed E-state index contributed by atoms with van der Waals surface area (Å²) >= 11 is 0.